The molecule has 2 aromatic carbocycles. The van der Waals surface area contributed by atoms with Crippen LogP contribution in [0.4, 0.5) is 0 Å². The molecular formula is C17H16BrClN2O2. The van der Waals surface area contributed by atoms with Crippen molar-refractivity contribution in [2.45, 2.75) is 13.8 Å². The predicted octanol–water partition coefficient (Wildman–Crippen LogP) is 4.25. The van der Waals surface area contributed by atoms with Crippen molar-refractivity contribution in [3.05, 3.63) is 62.6 Å². The van der Waals surface area contributed by atoms with Gasteiger partial charge in [-0.2, -0.15) is 5.10 Å². The van der Waals surface area contributed by atoms with Crippen molar-refractivity contribution in [1.82, 2.24) is 5.43 Å². The summed E-state index contributed by atoms with van der Waals surface area (Å²) in [7, 11) is 0. The molecule has 0 aliphatic carbocycles. The number of hydrazone groups is 1. The number of nitrogens with zero attached hydrogens (tertiary/aromatic N) is 1. The van der Waals surface area contributed by atoms with Crippen LogP contribution in [-0.4, -0.2) is 18.7 Å². The lowest BCUT2D eigenvalue weighted by molar-refractivity contribution is -0.123. The summed E-state index contributed by atoms with van der Waals surface area (Å²) in [6.45, 7) is 3.82. The van der Waals surface area contributed by atoms with Crippen LogP contribution in [0.1, 0.15) is 16.7 Å². The molecule has 0 aliphatic heterocycles. The molecular weight excluding hydrogens is 380 g/mol. The molecule has 2 aromatic rings. The Balaban J connectivity index is 1.88. The largest absolute Gasteiger partial charge is 0.482 e. The molecule has 1 amide bonds. The van der Waals surface area contributed by atoms with Crippen molar-refractivity contribution in [3.8, 4) is 5.75 Å². The van der Waals surface area contributed by atoms with Crippen molar-refractivity contribution in [1.29, 1.82) is 0 Å². The molecule has 6 heteroatoms. The zero-order valence-electron chi connectivity index (χ0n) is 12.8. The fourth-order valence-electron chi connectivity index (χ4n) is 2.02. The van der Waals surface area contributed by atoms with Crippen molar-refractivity contribution >= 4 is 39.7 Å². The van der Waals surface area contributed by atoms with Crippen LogP contribution in [0, 0.1) is 13.8 Å². The van der Waals surface area contributed by atoms with Gasteiger partial charge >= 0.3 is 0 Å². The van der Waals surface area contributed by atoms with E-state index in [0.29, 0.717) is 10.8 Å². The second-order valence-electron chi connectivity index (χ2n) is 5.03. The molecule has 0 fully saturated rings. The van der Waals surface area contributed by atoms with Crippen LogP contribution in [0.25, 0.3) is 0 Å². The highest BCUT2D eigenvalue weighted by Gasteiger charge is 2.08. The van der Waals surface area contributed by atoms with Crippen molar-refractivity contribution < 1.29 is 9.53 Å². The SMILES string of the molecule is Cc1cc(C)c(OCC(=O)N/N=C/c2cccc(Cl)c2)c(Br)c1. The summed E-state index contributed by atoms with van der Waals surface area (Å²) in [6.07, 6.45) is 1.52. The minimum absolute atomic E-state index is 0.116. The van der Waals surface area contributed by atoms with Gasteiger partial charge in [-0.15, -0.1) is 0 Å². The van der Waals surface area contributed by atoms with Gasteiger partial charge in [-0.05, 0) is 64.7 Å². The average Bonchev–Trinajstić information content (AvgIpc) is 2.46. The Kier molecular flexibility index (Phi) is 6.19. The van der Waals surface area contributed by atoms with Crippen LogP contribution in [0.5, 0.6) is 5.75 Å². The summed E-state index contributed by atoms with van der Waals surface area (Å²) >= 11 is 9.31. The molecule has 0 aromatic heterocycles. The maximum Gasteiger partial charge on any atom is 0.277 e. The molecule has 0 heterocycles. The van der Waals surface area contributed by atoms with Gasteiger partial charge in [0.2, 0.25) is 0 Å². The molecule has 0 radical (unpaired) electrons. The van der Waals surface area contributed by atoms with E-state index < -0.39 is 0 Å². The second-order valence-corrected chi connectivity index (χ2v) is 6.32. The van der Waals surface area contributed by atoms with Crippen LogP contribution in [-0.2, 0) is 4.79 Å². The van der Waals surface area contributed by atoms with Gasteiger partial charge in [0, 0.05) is 5.02 Å². The van der Waals surface area contributed by atoms with Gasteiger partial charge in [0.15, 0.2) is 6.61 Å². The lowest BCUT2D eigenvalue weighted by Gasteiger charge is -2.11. The van der Waals surface area contributed by atoms with Crippen LogP contribution in [0.2, 0.25) is 5.02 Å². The zero-order valence-corrected chi connectivity index (χ0v) is 15.1. The van der Waals surface area contributed by atoms with E-state index in [1.807, 2.05) is 38.1 Å². The number of aryl methyl sites for hydroxylation is 2. The number of hydrogen-bond acceptors (Lipinski definition) is 3. The summed E-state index contributed by atoms with van der Waals surface area (Å²) < 4.78 is 6.38. The maximum absolute atomic E-state index is 11.8. The van der Waals surface area contributed by atoms with Crippen LogP contribution < -0.4 is 10.2 Å². The number of hydrogen-bond donors (Lipinski definition) is 1. The highest BCUT2D eigenvalue weighted by Crippen LogP contribution is 2.30. The Morgan fingerprint density at radius 1 is 1.35 bits per heavy atom. The smallest absolute Gasteiger partial charge is 0.277 e. The summed E-state index contributed by atoms with van der Waals surface area (Å²) in [4.78, 5) is 11.8. The molecule has 0 spiro atoms. The zero-order chi connectivity index (χ0) is 16.8. The Hall–Kier alpha value is -1.85. The molecule has 0 saturated carbocycles. The highest BCUT2D eigenvalue weighted by atomic mass is 79.9. The molecule has 0 bridgehead atoms. The third-order valence-electron chi connectivity index (χ3n) is 2.97. The molecule has 0 saturated heterocycles. The first-order chi connectivity index (χ1) is 11.0. The first-order valence-electron chi connectivity index (χ1n) is 6.92. The molecule has 4 nitrogen and oxygen atoms in total. The van der Waals surface area contributed by atoms with Crippen LogP contribution in [0.15, 0.2) is 46.0 Å². The van der Waals surface area contributed by atoms with Crippen LogP contribution >= 0.6 is 27.5 Å². The molecule has 0 aliphatic rings. The van der Waals surface area contributed by atoms with E-state index in [1.165, 1.54) is 6.21 Å². The third-order valence-corrected chi connectivity index (χ3v) is 3.80. The minimum Gasteiger partial charge on any atom is -0.482 e. The number of rotatable bonds is 5. The summed E-state index contributed by atoms with van der Waals surface area (Å²) in [5, 5.41) is 4.49. The Bertz CT molecular complexity index is 724. The standard InChI is InChI=1S/C17H16BrClN2O2/c1-11-6-12(2)17(15(18)7-11)23-10-16(22)21-20-9-13-4-3-5-14(19)8-13/h3-9H,10H2,1-2H3,(H,21,22)/b20-9+. The second kappa shape index (κ2) is 8.13. The van der Waals surface area contributed by atoms with Gasteiger partial charge in [-0.1, -0.05) is 29.8 Å². The van der Waals surface area contributed by atoms with E-state index in [0.717, 1.165) is 21.2 Å². The summed E-state index contributed by atoms with van der Waals surface area (Å²) in [5.41, 5.74) is 5.31. The van der Waals surface area contributed by atoms with E-state index in [4.69, 9.17) is 16.3 Å². The monoisotopic (exact) mass is 394 g/mol. The number of amides is 1. The Morgan fingerprint density at radius 3 is 2.83 bits per heavy atom. The fraction of sp³-hybridized carbons (Fsp3) is 0.176. The van der Waals surface area contributed by atoms with Gasteiger partial charge in [0.1, 0.15) is 5.75 Å². The van der Waals surface area contributed by atoms with Gasteiger partial charge in [-0.3, -0.25) is 4.79 Å². The molecule has 0 atom stereocenters. The number of carbonyl (C=O) groups excluding carboxylic acids is 1. The van der Waals surface area contributed by atoms with Gasteiger partial charge in [0.05, 0.1) is 10.7 Å². The number of nitrogens with one attached hydrogen (secondary N) is 1. The van der Waals surface area contributed by atoms with Gasteiger partial charge < -0.3 is 4.74 Å². The van der Waals surface area contributed by atoms with Gasteiger partial charge in [-0.25, -0.2) is 5.43 Å². The van der Waals surface area contributed by atoms with Gasteiger partial charge in [0.25, 0.3) is 5.91 Å². The lowest BCUT2D eigenvalue weighted by atomic mass is 10.1. The van der Waals surface area contributed by atoms with E-state index >= 15 is 0 Å². The minimum atomic E-state index is -0.338. The molecule has 0 unspecified atom stereocenters. The van der Waals surface area contributed by atoms with E-state index in [1.54, 1.807) is 12.1 Å². The molecule has 1 N–H and O–H groups in total. The normalized spacial score (nSPS) is 10.8. The van der Waals surface area contributed by atoms with Crippen LogP contribution in [0.3, 0.4) is 0 Å². The number of carbonyl (C=O) groups is 1. The quantitative estimate of drug-likeness (QED) is 0.608. The number of halogens is 2. The number of benzene rings is 2. The fourth-order valence-corrected chi connectivity index (χ4v) is 3.01. The Morgan fingerprint density at radius 2 is 2.13 bits per heavy atom. The first kappa shape index (κ1) is 17.5. The van der Waals surface area contributed by atoms with E-state index in [2.05, 4.69) is 26.5 Å². The van der Waals surface area contributed by atoms with Crippen molar-refractivity contribution in [3.63, 3.8) is 0 Å². The topological polar surface area (TPSA) is 50.7 Å². The summed E-state index contributed by atoms with van der Waals surface area (Å²) in [5.74, 6) is 0.319. The van der Waals surface area contributed by atoms with Crippen molar-refractivity contribution in [2.75, 3.05) is 6.61 Å². The van der Waals surface area contributed by atoms with E-state index in [-0.39, 0.29) is 12.5 Å². The third kappa shape index (κ3) is 5.37. The molecule has 2 rings (SSSR count). The lowest BCUT2D eigenvalue weighted by Crippen LogP contribution is -2.24. The van der Waals surface area contributed by atoms with Crippen molar-refractivity contribution in [2.24, 2.45) is 5.10 Å². The summed E-state index contributed by atoms with van der Waals surface area (Å²) in [6, 6.07) is 11.1. The average molecular weight is 396 g/mol. The highest BCUT2D eigenvalue weighted by molar-refractivity contribution is 9.10. The first-order valence-corrected chi connectivity index (χ1v) is 8.10. The van der Waals surface area contributed by atoms with E-state index in [9.17, 15) is 4.79 Å². The molecule has 120 valence electrons. The number of ether oxygens (including phenoxy) is 1. The molecule has 23 heavy (non-hydrogen) atoms. The maximum atomic E-state index is 11.8. The Labute approximate surface area is 148 Å². The predicted molar refractivity (Wildman–Crippen MR) is 96.3 cm³/mol.